The van der Waals surface area contributed by atoms with E-state index in [9.17, 15) is 4.79 Å². The molecule has 0 radical (unpaired) electrons. The highest BCUT2D eigenvalue weighted by Crippen LogP contribution is 2.24. The van der Waals surface area contributed by atoms with Gasteiger partial charge in [0, 0.05) is 19.7 Å². The van der Waals surface area contributed by atoms with Crippen LogP contribution in [0, 0.1) is 0 Å². The minimum atomic E-state index is -0.206. The molecule has 1 aromatic heterocycles. The molecular weight excluding hydrogens is 356 g/mol. The molecule has 0 bridgehead atoms. The van der Waals surface area contributed by atoms with Crippen LogP contribution in [-0.2, 0) is 20.0 Å². The van der Waals surface area contributed by atoms with E-state index < -0.39 is 0 Å². The lowest BCUT2D eigenvalue weighted by atomic mass is 10.1. The van der Waals surface area contributed by atoms with Crippen LogP contribution < -0.4 is 26.1 Å². The predicted molar refractivity (Wildman–Crippen MR) is 110 cm³/mol. The molecule has 28 heavy (non-hydrogen) atoms. The Morgan fingerprint density at radius 2 is 1.82 bits per heavy atom. The second-order valence-corrected chi connectivity index (χ2v) is 6.44. The summed E-state index contributed by atoms with van der Waals surface area (Å²) in [5, 5.41) is 3.36. The fourth-order valence-corrected chi connectivity index (χ4v) is 3.23. The van der Waals surface area contributed by atoms with Gasteiger partial charge in [-0.05, 0) is 36.7 Å². The zero-order valence-electron chi connectivity index (χ0n) is 16.4. The molecule has 0 amide bonds. The van der Waals surface area contributed by atoms with Crippen molar-refractivity contribution >= 4 is 5.69 Å². The third-order valence-corrected chi connectivity index (χ3v) is 4.78. The van der Waals surface area contributed by atoms with E-state index in [2.05, 4.69) is 5.32 Å². The third-order valence-electron chi connectivity index (χ3n) is 4.78. The van der Waals surface area contributed by atoms with Gasteiger partial charge in [-0.15, -0.1) is 0 Å². The maximum absolute atomic E-state index is 12.6. The summed E-state index contributed by atoms with van der Waals surface area (Å²) in [6.45, 7) is 1.21. The Hall–Kier alpha value is -3.19. The van der Waals surface area contributed by atoms with Crippen molar-refractivity contribution in [2.45, 2.75) is 13.0 Å². The molecular formula is C21H26N4O3. The number of nitrogen functional groups attached to an aromatic ring is 1. The number of rotatable bonds is 8. The van der Waals surface area contributed by atoms with Crippen molar-refractivity contribution in [2.75, 3.05) is 26.5 Å². The van der Waals surface area contributed by atoms with E-state index >= 15 is 0 Å². The number of nitrogens with one attached hydrogen (secondary N) is 1. The summed E-state index contributed by atoms with van der Waals surface area (Å²) in [7, 11) is 5.12. The van der Waals surface area contributed by atoms with Gasteiger partial charge < -0.3 is 20.5 Å². The number of hydrogen-bond donors (Lipinski definition) is 2. The van der Waals surface area contributed by atoms with Gasteiger partial charge in [0.05, 0.1) is 25.6 Å². The first kappa shape index (κ1) is 19.6. The van der Waals surface area contributed by atoms with Crippen LogP contribution in [0.5, 0.6) is 11.5 Å². The molecule has 7 nitrogen and oxygen atoms in total. The fraction of sp³-hybridized carbons (Fsp3) is 0.286. The molecule has 0 saturated heterocycles. The lowest BCUT2D eigenvalue weighted by molar-refractivity contribution is 0.390. The molecule has 0 fully saturated rings. The van der Waals surface area contributed by atoms with E-state index in [0.717, 1.165) is 34.9 Å². The normalized spacial score (nSPS) is 10.8. The minimum absolute atomic E-state index is 0.206. The van der Waals surface area contributed by atoms with Crippen LogP contribution in [0.3, 0.4) is 0 Å². The number of methoxy groups -OCH3 is 2. The molecule has 2 aromatic carbocycles. The maximum Gasteiger partial charge on any atom is 0.294 e. The number of aromatic nitrogens is 2. The van der Waals surface area contributed by atoms with Gasteiger partial charge in [-0.2, -0.15) is 0 Å². The topological polar surface area (TPSA) is 83.4 Å². The molecule has 3 rings (SSSR count). The molecule has 148 valence electrons. The fourth-order valence-electron chi connectivity index (χ4n) is 3.23. The van der Waals surface area contributed by atoms with Crippen LogP contribution >= 0.6 is 0 Å². The highest BCUT2D eigenvalue weighted by atomic mass is 16.5. The van der Waals surface area contributed by atoms with Crippen LogP contribution in [0.25, 0.3) is 5.69 Å². The molecule has 0 spiro atoms. The van der Waals surface area contributed by atoms with E-state index in [-0.39, 0.29) is 11.2 Å². The smallest absolute Gasteiger partial charge is 0.294 e. The first-order valence-electron chi connectivity index (χ1n) is 9.10. The van der Waals surface area contributed by atoms with Crippen molar-refractivity contribution in [2.24, 2.45) is 7.05 Å². The number of hydrogen-bond acceptors (Lipinski definition) is 5. The number of para-hydroxylation sites is 1. The van der Waals surface area contributed by atoms with E-state index in [1.54, 1.807) is 23.6 Å². The van der Waals surface area contributed by atoms with Crippen LogP contribution in [0.2, 0.25) is 0 Å². The SMILES string of the molecule is COc1ccc(CCNCc2c(N)c(=O)n(-c3ccccc3)n2C)c(OC)c1. The number of nitrogens with zero attached hydrogens (tertiary/aromatic N) is 2. The Labute approximate surface area is 164 Å². The molecule has 0 aliphatic rings. The van der Waals surface area contributed by atoms with Crippen molar-refractivity contribution in [3.63, 3.8) is 0 Å². The van der Waals surface area contributed by atoms with Crippen molar-refractivity contribution in [1.82, 2.24) is 14.7 Å². The predicted octanol–water partition coefficient (Wildman–Crippen LogP) is 2.11. The molecule has 0 unspecified atom stereocenters. The third kappa shape index (κ3) is 3.89. The zero-order chi connectivity index (χ0) is 20.1. The van der Waals surface area contributed by atoms with Crippen molar-refractivity contribution < 1.29 is 9.47 Å². The molecule has 7 heteroatoms. The van der Waals surface area contributed by atoms with Crippen molar-refractivity contribution in [3.8, 4) is 17.2 Å². The monoisotopic (exact) mass is 382 g/mol. The van der Waals surface area contributed by atoms with E-state index in [1.165, 1.54) is 0 Å². The Kier molecular flexibility index (Phi) is 6.06. The Bertz CT molecular complexity index is 993. The summed E-state index contributed by atoms with van der Waals surface area (Å²) in [6, 6.07) is 15.3. The van der Waals surface area contributed by atoms with Gasteiger partial charge in [0.15, 0.2) is 0 Å². The first-order chi connectivity index (χ1) is 13.6. The molecule has 0 aliphatic heterocycles. The summed E-state index contributed by atoms with van der Waals surface area (Å²) in [5.41, 5.74) is 8.77. The first-order valence-corrected chi connectivity index (χ1v) is 9.10. The molecule has 1 heterocycles. The van der Waals surface area contributed by atoms with Gasteiger partial charge in [0.2, 0.25) is 0 Å². The summed E-state index contributed by atoms with van der Waals surface area (Å²) in [4.78, 5) is 12.6. The second-order valence-electron chi connectivity index (χ2n) is 6.44. The van der Waals surface area contributed by atoms with Gasteiger partial charge in [-0.25, -0.2) is 4.68 Å². The zero-order valence-corrected chi connectivity index (χ0v) is 16.4. The lowest BCUT2D eigenvalue weighted by Gasteiger charge is -2.12. The lowest BCUT2D eigenvalue weighted by Crippen LogP contribution is -2.21. The maximum atomic E-state index is 12.6. The van der Waals surface area contributed by atoms with Crippen molar-refractivity contribution in [1.29, 1.82) is 0 Å². The quantitative estimate of drug-likeness (QED) is 0.583. The second kappa shape index (κ2) is 8.67. The molecule has 0 aliphatic carbocycles. The summed E-state index contributed by atoms with van der Waals surface area (Å²) >= 11 is 0. The summed E-state index contributed by atoms with van der Waals surface area (Å²) < 4.78 is 14.0. The van der Waals surface area contributed by atoms with E-state index in [1.807, 2.05) is 55.6 Å². The minimum Gasteiger partial charge on any atom is -0.497 e. The molecule has 3 aromatic rings. The van der Waals surface area contributed by atoms with Gasteiger partial charge in [-0.1, -0.05) is 24.3 Å². The average Bonchev–Trinajstić information content (AvgIpc) is 2.94. The Morgan fingerprint density at radius 1 is 1.07 bits per heavy atom. The standard InChI is InChI=1S/C21H26N4O3/c1-24-18(20(22)21(26)25(24)16-7-5-4-6-8-16)14-23-12-11-15-9-10-17(27-2)13-19(15)28-3/h4-10,13,23H,11-12,14,22H2,1-3H3. The van der Waals surface area contributed by atoms with E-state index in [0.29, 0.717) is 13.1 Å². The van der Waals surface area contributed by atoms with Gasteiger partial charge in [-0.3, -0.25) is 9.48 Å². The van der Waals surface area contributed by atoms with Crippen molar-refractivity contribution in [3.05, 3.63) is 70.1 Å². The average molecular weight is 382 g/mol. The van der Waals surface area contributed by atoms with E-state index in [4.69, 9.17) is 15.2 Å². The number of anilines is 1. The number of benzene rings is 2. The molecule has 0 saturated carbocycles. The van der Waals surface area contributed by atoms with Crippen LogP contribution in [0.4, 0.5) is 5.69 Å². The van der Waals surface area contributed by atoms with Gasteiger partial charge in [0.25, 0.3) is 5.56 Å². The van der Waals surface area contributed by atoms with Gasteiger partial charge in [0.1, 0.15) is 17.2 Å². The summed E-state index contributed by atoms with van der Waals surface area (Å²) in [6.07, 6.45) is 0.778. The van der Waals surface area contributed by atoms with Crippen LogP contribution in [-0.4, -0.2) is 30.1 Å². The highest BCUT2D eigenvalue weighted by Gasteiger charge is 2.16. The van der Waals surface area contributed by atoms with Gasteiger partial charge >= 0.3 is 0 Å². The Morgan fingerprint density at radius 3 is 2.50 bits per heavy atom. The Balaban J connectivity index is 1.69. The van der Waals surface area contributed by atoms with Crippen LogP contribution in [0.1, 0.15) is 11.3 Å². The largest absolute Gasteiger partial charge is 0.497 e. The highest BCUT2D eigenvalue weighted by molar-refractivity contribution is 5.45. The van der Waals surface area contributed by atoms with Crippen LogP contribution in [0.15, 0.2) is 53.3 Å². The molecule has 0 atom stereocenters. The summed E-state index contributed by atoms with van der Waals surface area (Å²) in [5.74, 6) is 1.56. The molecule has 3 N–H and O–H groups in total. The number of nitrogens with two attached hydrogens (primary N) is 1. The number of ether oxygens (including phenoxy) is 2.